The molecule has 0 aliphatic carbocycles. The normalized spacial score (nSPS) is 14.4. The zero-order valence-electron chi connectivity index (χ0n) is 71.5. The number of aliphatic hydroxyl groups excluding tert-OH is 1. The summed E-state index contributed by atoms with van der Waals surface area (Å²) in [5.74, 6) is 1.11. The molecule has 0 bridgehead atoms. The van der Waals surface area contributed by atoms with Gasteiger partial charge in [0.15, 0.2) is 12.2 Å². The highest BCUT2D eigenvalue weighted by Crippen LogP contribution is 2.45. The first-order valence-electron chi connectivity index (χ1n) is 45.8. The Kier molecular flexibility index (Phi) is 76.2. The molecule has 642 valence electrons. The smallest absolute Gasteiger partial charge is 0.462 e. The van der Waals surface area contributed by atoms with Crippen LogP contribution in [-0.2, 0) is 65.4 Å². The second-order valence-electron chi connectivity index (χ2n) is 33.4. The van der Waals surface area contributed by atoms with Crippen molar-refractivity contribution in [2.24, 2.45) is 23.7 Å². The second kappa shape index (κ2) is 77.6. The van der Waals surface area contributed by atoms with Crippen molar-refractivity contribution in [2.45, 2.75) is 485 Å². The lowest BCUT2D eigenvalue weighted by Crippen LogP contribution is -2.30. The Balaban J connectivity index is 5.21. The molecule has 0 saturated heterocycles. The zero-order chi connectivity index (χ0) is 79.5. The van der Waals surface area contributed by atoms with E-state index in [4.69, 9.17) is 37.0 Å². The molecule has 108 heavy (non-hydrogen) atoms. The lowest BCUT2D eigenvalue weighted by molar-refractivity contribution is -0.161. The van der Waals surface area contributed by atoms with Gasteiger partial charge >= 0.3 is 39.5 Å². The average Bonchev–Trinajstić information content (AvgIpc) is 0.909. The van der Waals surface area contributed by atoms with Gasteiger partial charge in [0.1, 0.15) is 19.3 Å². The Morgan fingerprint density at radius 1 is 0.259 bits per heavy atom. The molecule has 0 radical (unpaired) electrons. The van der Waals surface area contributed by atoms with E-state index in [0.29, 0.717) is 25.7 Å². The van der Waals surface area contributed by atoms with Crippen LogP contribution < -0.4 is 0 Å². The van der Waals surface area contributed by atoms with E-state index in [1.807, 2.05) is 0 Å². The monoisotopic (exact) mass is 1580 g/mol. The third-order valence-corrected chi connectivity index (χ3v) is 23.4. The van der Waals surface area contributed by atoms with Crippen molar-refractivity contribution in [3.05, 3.63) is 0 Å². The Bertz CT molecular complexity index is 2100. The van der Waals surface area contributed by atoms with Crippen LogP contribution >= 0.6 is 15.6 Å². The van der Waals surface area contributed by atoms with Crippen LogP contribution in [0.3, 0.4) is 0 Å². The third kappa shape index (κ3) is 79.3. The first-order valence-corrected chi connectivity index (χ1v) is 48.8. The highest BCUT2D eigenvalue weighted by Gasteiger charge is 2.31. The Morgan fingerprint density at radius 3 is 0.657 bits per heavy atom. The third-order valence-electron chi connectivity index (χ3n) is 21.5. The number of aliphatic hydroxyl groups is 1. The van der Waals surface area contributed by atoms with Crippen LogP contribution in [0.1, 0.15) is 466 Å². The molecule has 0 amide bonds. The molecule has 19 heteroatoms. The van der Waals surface area contributed by atoms with Gasteiger partial charge in [-0.2, -0.15) is 0 Å². The maximum absolute atomic E-state index is 13.2. The number of phosphoric ester groups is 2. The van der Waals surface area contributed by atoms with Crippen LogP contribution in [0.2, 0.25) is 0 Å². The number of esters is 4. The van der Waals surface area contributed by atoms with E-state index in [2.05, 4.69) is 55.4 Å². The predicted octanol–water partition coefficient (Wildman–Crippen LogP) is 27.1. The van der Waals surface area contributed by atoms with Crippen LogP contribution in [0.4, 0.5) is 0 Å². The van der Waals surface area contributed by atoms with Crippen molar-refractivity contribution >= 4 is 39.5 Å². The number of rotatable bonds is 86. The van der Waals surface area contributed by atoms with Gasteiger partial charge in [-0.1, -0.05) is 415 Å². The van der Waals surface area contributed by atoms with Gasteiger partial charge in [-0.05, 0) is 49.4 Å². The van der Waals surface area contributed by atoms with E-state index < -0.39 is 97.5 Å². The molecule has 0 spiro atoms. The quantitative estimate of drug-likeness (QED) is 0.0222. The summed E-state index contributed by atoms with van der Waals surface area (Å²) >= 11 is 0. The molecule has 0 rings (SSSR count). The number of unbranched alkanes of at least 4 members (excludes halogenated alkanes) is 50. The molecule has 3 N–H and O–H groups in total. The summed E-state index contributed by atoms with van der Waals surface area (Å²) in [5.41, 5.74) is 0. The first kappa shape index (κ1) is 106. The summed E-state index contributed by atoms with van der Waals surface area (Å²) in [4.78, 5) is 73.3. The SMILES string of the molecule is CCC(C)CCCCCCCCCCCCCCCCCCCCC(=O)O[C@H](COC(=O)CCCCCCCCC(C)CC)COP(=O)(O)OC[C@H](O)COP(=O)(O)OC[C@@H](COC(=O)CCCCCCCCCCCCCCCCC(C)C)OC(=O)CCCCCCCCCCCCCCCCCCC(C)C. The minimum Gasteiger partial charge on any atom is -0.462 e. The Morgan fingerprint density at radius 2 is 0.444 bits per heavy atom. The van der Waals surface area contributed by atoms with Gasteiger partial charge in [-0.15, -0.1) is 0 Å². The molecule has 0 heterocycles. The van der Waals surface area contributed by atoms with E-state index in [0.717, 1.165) is 120 Å². The highest BCUT2D eigenvalue weighted by atomic mass is 31.2. The lowest BCUT2D eigenvalue weighted by atomic mass is 9.99. The van der Waals surface area contributed by atoms with Gasteiger partial charge in [0, 0.05) is 25.7 Å². The number of ether oxygens (including phenoxy) is 4. The number of carbonyl (C=O) groups excluding carboxylic acids is 4. The number of carbonyl (C=O) groups is 4. The van der Waals surface area contributed by atoms with Gasteiger partial charge in [-0.3, -0.25) is 37.3 Å². The summed E-state index contributed by atoms with van der Waals surface area (Å²) in [6.07, 6.45) is 68.1. The van der Waals surface area contributed by atoms with Crippen LogP contribution in [0.5, 0.6) is 0 Å². The van der Waals surface area contributed by atoms with Crippen LogP contribution in [-0.4, -0.2) is 96.7 Å². The minimum absolute atomic E-state index is 0.107. The molecular formula is C89H174O17P2. The molecule has 0 aromatic heterocycles. The number of hydrogen-bond acceptors (Lipinski definition) is 15. The van der Waals surface area contributed by atoms with Crippen LogP contribution in [0, 0.1) is 23.7 Å². The molecule has 0 fully saturated rings. The zero-order valence-corrected chi connectivity index (χ0v) is 73.3. The minimum atomic E-state index is -4.97. The van der Waals surface area contributed by atoms with E-state index in [1.165, 1.54) is 263 Å². The Hall–Kier alpha value is -1.94. The standard InChI is InChI=1S/C89H174O17P2/c1-9-81(7)67-59-51-43-37-31-25-18-13-11-12-14-19-27-33-39-45-55-64-72-89(94)106-85(76-100-87(92)70-62-54-48-47-52-60-68-82(8)10-2)78-104-108(97,98)102-74-83(90)73-101-107(95,96)103-77-84(75-99-86(91)69-61-53-44-38-32-26-22-21-24-30-36-42-50-58-66-80(5)6)105-88(93)71-63-56-46-40-34-28-20-16-15-17-23-29-35-41-49-57-65-79(3)4/h79-85,90H,9-78H2,1-8H3,(H,95,96)(H,97,98)/t81?,82?,83-,84-,85-/m1/s1. The molecular weight excluding hydrogens is 1400 g/mol. The lowest BCUT2D eigenvalue weighted by Gasteiger charge is -2.21. The Labute approximate surface area is 664 Å². The van der Waals surface area contributed by atoms with Crippen molar-refractivity contribution in [3.8, 4) is 0 Å². The largest absolute Gasteiger partial charge is 0.472 e. The molecule has 0 saturated carbocycles. The van der Waals surface area contributed by atoms with Crippen LogP contribution in [0.25, 0.3) is 0 Å². The summed E-state index contributed by atoms with van der Waals surface area (Å²) in [6.45, 7) is 14.4. The highest BCUT2D eigenvalue weighted by molar-refractivity contribution is 7.47. The van der Waals surface area contributed by atoms with E-state index >= 15 is 0 Å². The maximum Gasteiger partial charge on any atom is 0.472 e. The second-order valence-corrected chi connectivity index (χ2v) is 36.3. The summed E-state index contributed by atoms with van der Waals surface area (Å²) in [5, 5.41) is 10.7. The van der Waals surface area contributed by atoms with Crippen molar-refractivity contribution in [1.82, 2.24) is 0 Å². The summed E-state index contributed by atoms with van der Waals surface area (Å²) in [7, 11) is -9.93. The number of phosphoric acid groups is 2. The van der Waals surface area contributed by atoms with Crippen molar-refractivity contribution < 1.29 is 80.2 Å². The summed E-state index contributed by atoms with van der Waals surface area (Å²) in [6, 6.07) is 0. The molecule has 0 aromatic carbocycles. The maximum atomic E-state index is 13.2. The average molecular weight is 1580 g/mol. The fourth-order valence-corrected chi connectivity index (χ4v) is 15.4. The van der Waals surface area contributed by atoms with Gasteiger partial charge in [0.05, 0.1) is 26.4 Å². The summed E-state index contributed by atoms with van der Waals surface area (Å²) < 4.78 is 69.0. The van der Waals surface area contributed by atoms with Crippen molar-refractivity contribution in [3.63, 3.8) is 0 Å². The molecule has 0 aliphatic heterocycles. The van der Waals surface area contributed by atoms with E-state index in [-0.39, 0.29) is 25.7 Å². The first-order chi connectivity index (χ1) is 52.2. The fourth-order valence-electron chi connectivity index (χ4n) is 13.8. The molecule has 7 atom stereocenters. The van der Waals surface area contributed by atoms with Crippen LogP contribution in [0.15, 0.2) is 0 Å². The topological polar surface area (TPSA) is 237 Å². The molecule has 4 unspecified atom stereocenters. The molecule has 0 aromatic rings. The van der Waals surface area contributed by atoms with Gasteiger partial charge < -0.3 is 33.8 Å². The fraction of sp³-hybridized carbons (Fsp3) is 0.955. The molecule has 17 nitrogen and oxygen atoms in total. The van der Waals surface area contributed by atoms with E-state index in [1.54, 1.807) is 0 Å². The van der Waals surface area contributed by atoms with Crippen molar-refractivity contribution in [1.29, 1.82) is 0 Å². The predicted molar refractivity (Wildman–Crippen MR) is 446 cm³/mol. The van der Waals surface area contributed by atoms with E-state index in [9.17, 15) is 43.2 Å². The van der Waals surface area contributed by atoms with Gasteiger partial charge in [-0.25, -0.2) is 9.13 Å². The van der Waals surface area contributed by atoms with Crippen molar-refractivity contribution in [2.75, 3.05) is 39.6 Å². The molecule has 0 aliphatic rings. The number of hydrogen-bond donors (Lipinski definition) is 3. The van der Waals surface area contributed by atoms with Gasteiger partial charge in [0.2, 0.25) is 0 Å². The van der Waals surface area contributed by atoms with Gasteiger partial charge in [0.25, 0.3) is 0 Å².